The Kier molecular flexibility index (Phi) is 5.60. The zero-order valence-electron chi connectivity index (χ0n) is 13.7. The molecule has 0 radical (unpaired) electrons. The summed E-state index contributed by atoms with van der Waals surface area (Å²) in [6.07, 6.45) is 1.31. The summed E-state index contributed by atoms with van der Waals surface area (Å²) in [6, 6.07) is 15.4. The average Bonchev–Trinajstić information content (AvgIpc) is 3.12. The van der Waals surface area contributed by atoms with Crippen LogP contribution < -0.4 is 5.32 Å². The number of halogens is 3. The molecule has 2 aromatic carbocycles. The van der Waals surface area contributed by atoms with Gasteiger partial charge in [-0.2, -0.15) is 5.26 Å². The standard InChI is InChI=1S/C20H11Cl2FN2O2/c21-17-3-1-2-16(19(17)22)18-9-8-15(27-18)10-12(11-24)20(26)25-14-6-4-13(23)5-7-14/h1-10H,(H,25,26)/b12-10+. The molecule has 0 bridgehead atoms. The van der Waals surface area contributed by atoms with Crippen LogP contribution >= 0.6 is 23.2 Å². The molecule has 0 fully saturated rings. The fraction of sp³-hybridized carbons (Fsp3) is 0. The first-order valence-electron chi connectivity index (χ1n) is 7.71. The van der Waals surface area contributed by atoms with Crippen molar-refractivity contribution in [3.05, 3.63) is 81.8 Å². The first-order valence-corrected chi connectivity index (χ1v) is 8.46. The van der Waals surface area contributed by atoms with Crippen LogP contribution in [-0.4, -0.2) is 5.91 Å². The highest BCUT2D eigenvalue weighted by Gasteiger charge is 2.13. The van der Waals surface area contributed by atoms with Gasteiger partial charge in [-0.15, -0.1) is 0 Å². The Bertz CT molecular complexity index is 1070. The van der Waals surface area contributed by atoms with Crippen LogP contribution in [0, 0.1) is 17.1 Å². The lowest BCUT2D eigenvalue weighted by Crippen LogP contribution is -2.13. The molecule has 0 aliphatic carbocycles. The van der Waals surface area contributed by atoms with Gasteiger partial charge < -0.3 is 9.73 Å². The first-order chi connectivity index (χ1) is 13.0. The molecule has 0 aliphatic rings. The van der Waals surface area contributed by atoms with Crippen molar-refractivity contribution >= 4 is 40.9 Å². The predicted octanol–water partition coefficient (Wildman–Crippen LogP) is 5.94. The van der Waals surface area contributed by atoms with Crippen LogP contribution in [0.15, 0.2) is 64.6 Å². The van der Waals surface area contributed by atoms with Crippen LogP contribution in [0.2, 0.25) is 10.0 Å². The van der Waals surface area contributed by atoms with Crippen molar-refractivity contribution in [3.63, 3.8) is 0 Å². The van der Waals surface area contributed by atoms with E-state index in [1.807, 2.05) is 6.07 Å². The number of hydrogen-bond acceptors (Lipinski definition) is 3. The number of hydrogen-bond donors (Lipinski definition) is 1. The lowest BCUT2D eigenvalue weighted by Gasteiger charge is -2.04. The topological polar surface area (TPSA) is 66.0 Å². The third-order valence-corrected chi connectivity index (χ3v) is 4.42. The highest BCUT2D eigenvalue weighted by atomic mass is 35.5. The number of carbonyl (C=O) groups is 1. The molecule has 0 saturated carbocycles. The van der Waals surface area contributed by atoms with Crippen LogP contribution in [0.3, 0.4) is 0 Å². The van der Waals surface area contributed by atoms with Crippen LogP contribution in [0.4, 0.5) is 10.1 Å². The van der Waals surface area contributed by atoms with Crippen molar-refractivity contribution in [1.82, 2.24) is 0 Å². The number of rotatable bonds is 4. The Morgan fingerprint density at radius 3 is 2.56 bits per heavy atom. The SMILES string of the molecule is N#C/C(=C\c1ccc(-c2cccc(Cl)c2Cl)o1)C(=O)Nc1ccc(F)cc1. The number of nitriles is 1. The normalized spacial score (nSPS) is 11.1. The summed E-state index contributed by atoms with van der Waals surface area (Å²) in [4.78, 5) is 12.2. The maximum absolute atomic E-state index is 12.9. The summed E-state index contributed by atoms with van der Waals surface area (Å²) in [5.41, 5.74) is 0.795. The fourth-order valence-corrected chi connectivity index (χ4v) is 2.69. The van der Waals surface area contributed by atoms with E-state index in [1.165, 1.54) is 30.3 Å². The fourth-order valence-electron chi connectivity index (χ4n) is 2.29. The number of benzene rings is 2. The molecule has 1 N–H and O–H groups in total. The van der Waals surface area contributed by atoms with Crippen molar-refractivity contribution in [2.45, 2.75) is 0 Å². The molecule has 7 heteroatoms. The lowest BCUT2D eigenvalue weighted by atomic mass is 10.2. The van der Waals surface area contributed by atoms with Gasteiger partial charge >= 0.3 is 0 Å². The Hall–Kier alpha value is -3.07. The third kappa shape index (κ3) is 4.37. The van der Waals surface area contributed by atoms with E-state index < -0.39 is 11.7 Å². The molecule has 3 aromatic rings. The number of amides is 1. The van der Waals surface area contributed by atoms with Crippen molar-refractivity contribution in [2.24, 2.45) is 0 Å². The minimum atomic E-state index is -0.636. The van der Waals surface area contributed by atoms with Gasteiger partial charge in [0.15, 0.2) is 0 Å². The Balaban J connectivity index is 1.83. The molecule has 0 aliphatic heterocycles. The van der Waals surface area contributed by atoms with Gasteiger partial charge in [-0.05, 0) is 48.5 Å². The molecule has 1 heterocycles. The largest absolute Gasteiger partial charge is 0.457 e. The Morgan fingerprint density at radius 1 is 1.11 bits per heavy atom. The van der Waals surface area contributed by atoms with Crippen LogP contribution in [-0.2, 0) is 4.79 Å². The summed E-state index contributed by atoms with van der Waals surface area (Å²) < 4.78 is 18.6. The maximum atomic E-state index is 12.9. The molecule has 4 nitrogen and oxygen atoms in total. The highest BCUT2D eigenvalue weighted by Crippen LogP contribution is 2.34. The molecule has 1 aromatic heterocycles. The highest BCUT2D eigenvalue weighted by molar-refractivity contribution is 6.43. The Labute approximate surface area is 164 Å². The second kappa shape index (κ2) is 8.09. The van der Waals surface area contributed by atoms with E-state index in [0.717, 1.165) is 0 Å². The van der Waals surface area contributed by atoms with Crippen molar-refractivity contribution in [2.75, 3.05) is 5.32 Å². The summed E-state index contributed by atoms with van der Waals surface area (Å²) in [5.74, 6) is -0.313. The van der Waals surface area contributed by atoms with Gasteiger partial charge in [0, 0.05) is 17.3 Å². The molecular formula is C20H11Cl2FN2O2. The number of carbonyl (C=O) groups excluding carboxylic acids is 1. The number of anilines is 1. The van der Waals surface area contributed by atoms with E-state index in [9.17, 15) is 14.4 Å². The van der Waals surface area contributed by atoms with Gasteiger partial charge in [0.2, 0.25) is 0 Å². The minimum absolute atomic E-state index is 0.169. The smallest absolute Gasteiger partial charge is 0.266 e. The summed E-state index contributed by atoms with van der Waals surface area (Å²) >= 11 is 12.2. The van der Waals surface area contributed by atoms with Crippen LogP contribution in [0.1, 0.15) is 5.76 Å². The van der Waals surface area contributed by atoms with E-state index in [0.29, 0.717) is 32.8 Å². The molecule has 1 amide bonds. The van der Waals surface area contributed by atoms with Gasteiger partial charge in [-0.1, -0.05) is 29.3 Å². The monoisotopic (exact) mass is 400 g/mol. The van der Waals surface area contributed by atoms with Crippen molar-refractivity contribution in [1.29, 1.82) is 5.26 Å². The summed E-state index contributed by atoms with van der Waals surface area (Å²) in [6.45, 7) is 0. The van der Waals surface area contributed by atoms with E-state index >= 15 is 0 Å². The van der Waals surface area contributed by atoms with Crippen molar-refractivity contribution < 1.29 is 13.6 Å². The average molecular weight is 401 g/mol. The third-order valence-electron chi connectivity index (χ3n) is 3.60. The first kappa shape index (κ1) is 18.7. The summed E-state index contributed by atoms with van der Waals surface area (Å²) in [7, 11) is 0. The second-order valence-corrected chi connectivity index (χ2v) is 6.22. The van der Waals surface area contributed by atoms with Gasteiger partial charge in [0.1, 0.15) is 29.0 Å². The van der Waals surface area contributed by atoms with Crippen molar-refractivity contribution in [3.8, 4) is 17.4 Å². The number of nitrogens with zero attached hydrogens (tertiary/aromatic N) is 1. The predicted molar refractivity (Wildman–Crippen MR) is 103 cm³/mol. The summed E-state index contributed by atoms with van der Waals surface area (Å²) in [5, 5.41) is 12.5. The van der Waals surface area contributed by atoms with Crippen LogP contribution in [0.5, 0.6) is 0 Å². The lowest BCUT2D eigenvalue weighted by molar-refractivity contribution is -0.112. The number of nitrogens with one attached hydrogen (secondary N) is 1. The molecule has 0 atom stereocenters. The quantitative estimate of drug-likeness (QED) is 0.435. The zero-order chi connectivity index (χ0) is 19.4. The van der Waals surface area contributed by atoms with Gasteiger partial charge in [0.25, 0.3) is 5.91 Å². The van der Waals surface area contributed by atoms with Gasteiger partial charge in [-0.25, -0.2) is 4.39 Å². The molecule has 0 spiro atoms. The van der Waals surface area contributed by atoms with E-state index in [2.05, 4.69) is 5.32 Å². The van der Waals surface area contributed by atoms with Crippen LogP contribution in [0.25, 0.3) is 17.4 Å². The second-order valence-electron chi connectivity index (χ2n) is 5.43. The maximum Gasteiger partial charge on any atom is 0.266 e. The minimum Gasteiger partial charge on any atom is -0.457 e. The van der Waals surface area contributed by atoms with Gasteiger partial charge in [-0.3, -0.25) is 4.79 Å². The Morgan fingerprint density at radius 2 is 1.85 bits per heavy atom. The van der Waals surface area contributed by atoms with E-state index in [4.69, 9.17) is 27.6 Å². The molecule has 27 heavy (non-hydrogen) atoms. The molecule has 0 unspecified atom stereocenters. The van der Waals surface area contributed by atoms with Gasteiger partial charge in [0.05, 0.1) is 10.0 Å². The molecule has 0 saturated heterocycles. The van der Waals surface area contributed by atoms with E-state index in [1.54, 1.807) is 30.3 Å². The van der Waals surface area contributed by atoms with E-state index in [-0.39, 0.29) is 5.57 Å². The molecule has 3 rings (SSSR count). The number of furan rings is 1. The zero-order valence-corrected chi connectivity index (χ0v) is 15.2. The molecule has 134 valence electrons. The molecular weight excluding hydrogens is 390 g/mol.